The lowest BCUT2D eigenvalue weighted by Crippen LogP contribution is -2.60. The second-order valence-electron chi connectivity index (χ2n) is 6.44. The zero-order chi connectivity index (χ0) is 13.3. The highest BCUT2D eigenvalue weighted by Gasteiger charge is 2.29. The van der Waals surface area contributed by atoms with Crippen LogP contribution in [0.25, 0.3) is 0 Å². The molecule has 1 fully saturated rings. The minimum absolute atomic E-state index is 0.228. The molecule has 1 N–H and O–H groups in total. The van der Waals surface area contributed by atoms with Crippen LogP contribution in [0.15, 0.2) is 18.2 Å². The van der Waals surface area contributed by atoms with Crippen molar-refractivity contribution >= 4 is 0 Å². The molecular weight excluding hydrogens is 220 g/mol. The van der Waals surface area contributed by atoms with Crippen LogP contribution in [0.4, 0.5) is 0 Å². The van der Waals surface area contributed by atoms with Crippen molar-refractivity contribution in [3.8, 4) is 0 Å². The quantitative estimate of drug-likeness (QED) is 0.863. The van der Waals surface area contributed by atoms with E-state index in [4.69, 9.17) is 0 Å². The summed E-state index contributed by atoms with van der Waals surface area (Å²) in [4.78, 5) is 2.58. The molecule has 0 aliphatic carbocycles. The number of hydrogen-bond acceptors (Lipinski definition) is 2. The molecule has 1 heterocycles. The predicted molar refractivity (Wildman–Crippen MR) is 77.9 cm³/mol. The van der Waals surface area contributed by atoms with Crippen LogP contribution >= 0.6 is 0 Å². The average Bonchev–Trinajstić information content (AvgIpc) is 2.28. The number of aryl methyl sites for hydroxylation is 2. The molecule has 1 aliphatic rings. The summed E-state index contributed by atoms with van der Waals surface area (Å²) >= 11 is 0. The minimum Gasteiger partial charge on any atom is -0.309 e. The van der Waals surface area contributed by atoms with Crippen molar-refractivity contribution in [1.82, 2.24) is 10.2 Å². The molecule has 0 amide bonds. The first-order valence-electron chi connectivity index (χ1n) is 6.92. The van der Waals surface area contributed by atoms with Crippen LogP contribution < -0.4 is 5.32 Å². The SMILES string of the molecule is Cc1ccc(CN2CC(C)(C)NCC2C)cc1C. The van der Waals surface area contributed by atoms with Gasteiger partial charge in [0, 0.05) is 31.2 Å². The molecule has 0 saturated carbocycles. The second kappa shape index (κ2) is 5.02. The fourth-order valence-corrected chi connectivity index (χ4v) is 2.62. The number of nitrogens with one attached hydrogen (secondary N) is 1. The van der Waals surface area contributed by atoms with Crippen LogP contribution in [0.3, 0.4) is 0 Å². The van der Waals surface area contributed by atoms with Gasteiger partial charge in [-0.25, -0.2) is 0 Å². The molecule has 2 heteroatoms. The first-order valence-corrected chi connectivity index (χ1v) is 6.92. The Morgan fingerprint density at radius 1 is 1.28 bits per heavy atom. The molecule has 0 spiro atoms. The van der Waals surface area contributed by atoms with E-state index < -0.39 is 0 Å². The van der Waals surface area contributed by atoms with Crippen molar-refractivity contribution in [2.75, 3.05) is 13.1 Å². The van der Waals surface area contributed by atoms with Gasteiger partial charge in [-0.05, 0) is 51.3 Å². The summed E-state index contributed by atoms with van der Waals surface area (Å²) in [5, 5.41) is 3.60. The van der Waals surface area contributed by atoms with Crippen molar-refractivity contribution in [3.05, 3.63) is 34.9 Å². The molecule has 18 heavy (non-hydrogen) atoms. The van der Waals surface area contributed by atoms with Gasteiger partial charge in [0.2, 0.25) is 0 Å². The molecule has 1 aromatic carbocycles. The number of hydrogen-bond donors (Lipinski definition) is 1. The second-order valence-corrected chi connectivity index (χ2v) is 6.44. The van der Waals surface area contributed by atoms with Crippen LogP contribution in [0.1, 0.15) is 37.5 Å². The van der Waals surface area contributed by atoms with Crippen molar-refractivity contribution in [2.24, 2.45) is 0 Å². The smallest absolute Gasteiger partial charge is 0.0253 e. The Morgan fingerprint density at radius 2 is 2.00 bits per heavy atom. The van der Waals surface area contributed by atoms with Gasteiger partial charge in [-0.15, -0.1) is 0 Å². The van der Waals surface area contributed by atoms with E-state index in [1.165, 1.54) is 16.7 Å². The fourth-order valence-electron chi connectivity index (χ4n) is 2.62. The van der Waals surface area contributed by atoms with Gasteiger partial charge in [0.1, 0.15) is 0 Å². The van der Waals surface area contributed by atoms with Gasteiger partial charge in [-0.2, -0.15) is 0 Å². The van der Waals surface area contributed by atoms with Crippen LogP contribution in [-0.2, 0) is 6.54 Å². The van der Waals surface area contributed by atoms with E-state index in [2.05, 4.69) is 63.0 Å². The standard InChI is InChI=1S/C16H26N2/c1-12-6-7-15(8-13(12)2)10-18-11-16(4,5)17-9-14(18)3/h6-8,14,17H,9-11H2,1-5H3. The molecule has 0 bridgehead atoms. The van der Waals surface area contributed by atoms with Gasteiger partial charge >= 0.3 is 0 Å². The van der Waals surface area contributed by atoms with Gasteiger partial charge in [0.25, 0.3) is 0 Å². The van der Waals surface area contributed by atoms with E-state index in [1.807, 2.05) is 0 Å². The molecule has 1 aromatic rings. The van der Waals surface area contributed by atoms with Gasteiger partial charge in [0.15, 0.2) is 0 Å². The molecule has 1 atom stereocenters. The molecule has 1 unspecified atom stereocenters. The topological polar surface area (TPSA) is 15.3 Å². The Kier molecular flexibility index (Phi) is 3.79. The van der Waals surface area contributed by atoms with Crippen molar-refractivity contribution in [2.45, 2.75) is 52.7 Å². The molecule has 2 nitrogen and oxygen atoms in total. The van der Waals surface area contributed by atoms with Crippen LogP contribution in [0, 0.1) is 13.8 Å². The number of piperazine rings is 1. The highest BCUT2D eigenvalue weighted by molar-refractivity contribution is 5.30. The molecule has 0 radical (unpaired) electrons. The van der Waals surface area contributed by atoms with E-state index in [9.17, 15) is 0 Å². The molecular formula is C16H26N2. The molecule has 100 valence electrons. The fraction of sp³-hybridized carbons (Fsp3) is 0.625. The van der Waals surface area contributed by atoms with Crippen molar-refractivity contribution in [3.63, 3.8) is 0 Å². The molecule has 2 rings (SSSR count). The third kappa shape index (κ3) is 3.12. The van der Waals surface area contributed by atoms with Crippen LogP contribution in [-0.4, -0.2) is 29.6 Å². The third-order valence-corrected chi connectivity index (χ3v) is 4.05. The van der Waals surface area contributed by atoms with E-state index in [0.717, 1.165) is 19.6 Å². The Labute approximate surface area is 111 Å². The summed E-state index contributed by atoms with van der Waals surface area (Å²) in [6, 6.07) is 7.45. The number of nitrogens with zero attached hydrogens (tertiary/aromatic N) is 1. The summed E-state index contributed by atoms with van der Waals surface area (Å²) < 4.78 is 0. The zero-order valence-electron chi connectivity index (χ0n) is 12.4. The molecule has 1 aliphatic heterocycles. The monoisotopic (exact) mass is 246 g/mol. The average molecular weight is 246 g/mol. The lowest BCUT2D eigenvalue weighted by atomic mass is 9.98. The van der Waals surface area contributed by atoms with Gasteiger partial charge in [0.05, 0.1) is 0 Å². The summed E-state index contributed by atoms with van der Waals surface area (Å²) in [5.74, 6) is 0. The number of benzene rings is 1. The molecule has 0 aromatic heterocycles. The van der Waals surface area contributed by atoms with E-state index in [0.29, 0.717) is 6.04 Å². The highest BCUT2D eigenvalue weighted by atomic mass is 15.2. The Bertz CT molecular complexity index is 423. The maximum absolute atomic E-state index is 3.60. The van der Waals surface area contributed by atoms with Crippen LogP contribution in [0.5, 0.6) is 0 Å². The summed E-state index contributed by atoms with van der Waals surface area (Å²) in [6.45, 7) is 14.5. The van der Waals surface area contributed by atoms with Crippen molar-refractivity contribution < 1.29 is 0 Å². The third-order valence-electron chi connectivity index (χ3n) is 4.05. The van der Waals surface area contributed by atoms with E-state index in [-0.39, 0.29) is 5.54 Å². The maximum Gasteiger partial charge on any atom is 0.0253 e. The first kappa shape index (κ1) is 13.6. The lowest BCUT2D eigenvalue weighted by molar-refractivity contribution is 0.0977. The summed E-state index contributed by atoms with van der Waals surface area (Å²) in [6.07, 6.45) is 0. The Hall–Kier alpha value is -0.860. The predicted octanol–water partition coefficient (Wildman–Crippen LogP) is 2.88. The highest BCUT2D eigenvalue weighted by Crippen LogP contribution is 2.19. The number of rotatable bonds is 2. The zero-order valence-corrected chi connectivity index (χ0v) is 12.4. The largest absolute Gasteiger partial charge is 0.309 e. The van der Waals surface area contributed by atoms with Crippen molar-refractivity contribution in [1.29, 1.82) is 0 Å². The van der Waals surface area contributed by atoms with Gasteiger partial charge in [-0.1, -0.05) is 18.2 Å². The molecule has 1 saturated heterocycles. The Morgan fingerprint density at radius 3 is 2.67 bits per heavy atom. The normalized spacial score (nSPS) is 24.2. The van der Waals surface area contributed by atoms with Gasteiger partial charge < -0.3 is 5.32 Å². The minimum atomic E-state index is 0.228. The van der Waals surface area contributed by atoms with E-state index >= 15 is 0 Å². The first-order chi connectivity index (χ1) is 8.37. The Balaban J connectivity index is 2.09. The summed E-state index contributed by atoms with van der Waals surface area (Å²) in [7, 11) is 0. The lowest BCUT2D eigenvalue weighted by Gasteiger charge is -2.43. The summed E-state index contributed by atoms with van der Waals surface area (Å²) in [5.41, 5.74) is 4.44. The van der Waals surface area contributed by atoms with Gasteiger partial charge in [-0.3, -0.25) is 4.90 Å². The van der Waals surface area contributed by atoms with E-state index in [1.54, 1.807) is 0 Å². The maximum atomic E-state index is 3.60. The van der Waals surface area contributed by atoms with Crippen LogP contribution in [0.2, 0.25) is 0 Å².